The average molecular weight is 420 g/mol. The van der Waals surface area contributed by atoms with Crippen molar-refractivity contribution in [1.29, 1.82) is 0 Å². The SMILES string of the molecule is COc1cc2ncc(S(=O)(=O)c3ccccc3)c(Nc3ccccc3)c2cc1OC. The summed E-state index contributed by atoms with van der Waals surface area (Å²) in [6.07, 6.45) is 1.38. The minimum Gasteiger partial charge on any atom is -0.493 e. The van der Waals surface area contributed by atoms with Crippen molar-refractivity contribution in [2.45, 2.75) is 9.79 Å². The van der Waals surface area contributed by atoms with Crippen molar-refractivity contribution in [2.75, 3.05) is 19.5 Å². The van der Waals surface area contributed by atoms with Gasteiger partial charge in [0.15, 0.2) is 11.5 Å². The summed E-state index contributed by atoms with van der Waals surface area (Å²) in [6, 6.07) is 21.1. The Morgan fingerprint density at radius 3 is 2.07 bits per heavy atom. The van der Waals surface area contributed by atoms with Crippen molar-refractivity contribution in [2.24, 2.45) is 0 Å². The maximum atomic E-state index is 13.4. The Morgan fingerprint density at radius 2 is 1.43 bits per heavy atom. The van der Waals surface area contributed by atoms with Gasteiger partial charge in [-0.15, -0.1) is 0 Å². The summed E-state index contributed by atoms with van der Waals surface area (Å²) in [5, 5.41) is 3.87. The maximum Gasteiger partial charge on any atom is 0.210 e. The third-order valence-corrected chi connectivity index (χ3v) is 6.51. The molecule has 4 rings (SSSR count). The molecule has 1 N–H and O–H groups in total. The summed E-state index contributed by atoms with van der Waals surface area (Å²) in [6.45, 7) is 0. The molecule has 0 radical (unpaired) electrons. The zero-order valence-electron chi connectivity index (χ0n) is 16.5. The van der Waals surface area contributed by atoms with E-state index in [1.165, 1.54) is 13.3 Å². The number of methoxy groups -OCH3 is 2. The summed E-state index contributed by atoms with van der Waals surface area (Å²) in [5.41, 5.74) is 1.76. The van der Waals surface area contributed by atoms with Crippen LogP contribution in [0.2, 0.25) is 0 Å². The van der Waals surface area contributed by atoms with Gasteiger partial charge in [0, 0.05) is 23.3 Å². The number of hydrogen-bond acceptors (Lipinski definition) is 6. The van der Waals surface area contributed by atoms with Crippen LogP contribution < -0.4 is 14.8 Å². The molecular weight excluding hydrogens is 400 g/mol. The number of anilines is 2. The second-order valence-corrected chi connectivity index (χ2v) is 8.45. The number of aromatic nitrogens is 1. The third-order valence-electron chi connectivity index (χ3n) is 4.72. The van der Waals surface area contributed by atoms with Gasteiger partial charge in [0.25, 0.3) is 0 Å². The number of nitrogens with zero attached hydrogens (tertiary/aromatic N) is 1. The number of pyridine rings is 1. The lowest BCUT2D eigenvalue weighted by molar-refractivity contribution is 0.356. The van der Waals surface area contributed by atoms with Crippen LogP contribution in [0.3, 0.4) is 0 Å². The second kappa shape index (κ2) is 8.04. The van der Waals surface area contributed by atoms with Gasteiger partial charge in [-0.2, -0.15) is 0 Å². The Labute approximate surface area is 175 Å². The van der Waals surface area contributed by atoms with Gasteiger partial charge in [-0.3, -0.25) is 4.98 Å². The number of rotatable bonds is 6. The molecule has 0 spiro atoms. The highest BCUT2D eigenvalue weighted by molar-refractivity contribution is 7.91. The topological polar surface area (TPSA) is 77.5 Å². The first-order valence-electron chi connectivity index (χ1n) is 9.21. The van der Waals surface area contributed by atoms with Crippen LogP contribution in [0.1, 0.15) is 0 Å². The minimum atomic E-state index is -3.81. The third kappa shape index (κ3) is 3.55. The molecule has 0 aliphatic carbocycles. The molecular formula is C23H20N2O4S. The summed E-state index contributed by atoms with van der Waals surface area (Å²) >= 11 is 0. The summed E-state index contributed by atoms with van der Waals surface area (Å²) < 4.78 is 37.7. The lowest BCUT2D eigenvalue weighted by Crippen LogP contribution is -2.07. The average Bonchev–Trinajstić information content (AvgIpc) is 2.79. The first kappa shape index (κ1) is 19.7. The van der Waals surface area contributed by atoms with Gasteiger partial charge in [0.1, 0.15) is 4.90 Å². The van der Waals surface area contributed by atoms with E-state index >= 15 is 0 Å². The molecule has 1 aromatic heterocycles. The molecule has 0 aliphatic rings. The van der Waals surface area contributed by atoms with Crippen LogP contribution in [0, 0.1) is 0 Å². The summed E-state index contributed by atoms with van der Waals surface area (Å²) in [7, 11) is -0.737. The van der Waals surface area contributed by atoms with E-state index in [1.807, 2.05) is 30.3 Å². The number of benzene rings is 3. The fourth-order valence-corrected chi connectivity index (χ4v) is 4.62. The Kier molecular flexibility index (Phi) is 5.29. The zero-order valence-corrected chi connectivity index (χ0v) is 17.3. The molecule has 1 heterocycles. The Balaban J connectivity index is 2.01. The molecule has 7 heteroatoms. The fourth-order valence-electron chi connectivity index (χ4n) is 3.23. The fraction of sp³-hybridized carbons (Fsp3) is 0.0870. The second-order valence-electron chi connectivity index (χ2n) is 6.53. The molecule has 3 aromatic carbocycles. The highest BCUT2D eigenvalue weighted by Crippen LogP contribution is 2.39. The molecule has 6 nitrogen and oxygen atoms in total. The molecule has 0 amide bonds. The predicted molar refractivity (Wildman–Crippen MR) is 116 cm³/mol. The van der Waals surface area contributed by atoms with Crippen LogP contribution in [0.5, 0.6) is 11.5 Å². The van der Waals surface area contributed by atoms with Gasteiger partial charge in [-0.1, -0.05) is 36.4 Å². The number of nitrogens with one attached hydrogen (secondary N) is 1. The van der Waals surface area contributed by atoms with E-state index in [-0.39, 0.29) is 9.79 Å². The smallest absolute Gasteiger partial charge is 0.210 e. The van der Waals surface area contributed by atoms with Crippen LogP contribution in [-0.4, -0.2) is 27.6 Å². The summed E-state index contributed by atoms with van der Waals surface area (Å²) in [5.74, 6) is 0.999. The number of hydrogen-bond donors (Lipinski definition) is 1. The molecule has 0 atom stereocenters. The van der Waals surface area contributed by atoms with Crippen LogP contribution in [0.25, 0.3) is 10.9 Å². The molecule has 0 bridgehead atoms. The molecule has 4 aromatic rings. The van der Waals surface area contributed by atoms with E-state index in [2.05, 4.69) is 10.3 Å². The van der Waals surface area contributed by atoms with E-state index in [0.29, 0.717) is 28.1 Å². The number of sulfone groups is 1. The van der Waals surface area contributed by atoms with Gasteiger partial charge in [0.05, 0.1) is 30.3 Å². The van der Waals surface area contributed by atoms with Crippen LogP contribution >= 0.6 is 0 Å². The predicted octanol–water partition coefficient (Wildman–Crippen LogP) is 4.83. The van der Waals surface area contributed by atoms with E-state index in [9.17, 15) is 8.42 Å². The van der Waals surface area contributed by atoms with Crippen molar-refractivity contribution >= 4 is 32.1 Å². The van der Waals surface area contributed by atoms with E-state index in [4.69, 9.17) is 9.47 Å². The first-order chi connectivity index (χ1) is 14.5. The zero-order chi connectivity index (χ0) is 21.1. The molecule has 30 heavy (non-hydrogen) atoms. The normalized spacial score (nSPS) is 11.3. The van der Waals surface area contributed by atoms with Crippen molar-refractivity contribution in [1.82, 2.24) is 4.98 Å². The number of para-hydroxylation sites is 1. The van der Waals surface area contributed by atoms with Gasteiger partial charge in [-0.25, -0.2) is 8.42 Å². The van der Waals surface area contributed by atoms with Crippen LogP contribution in [-0.2, 0) is 9.84 Å². The molecule has 0 saturated carbocycles. The maximum absolute atomic E-state index is 13.4. The minimum absolute atomic E-state index is 0.0808. The van der Waals surface area contributed by atoms with Crippen molar-refractivity contribution in [3.63, 3.8) is 0 Å². The van der Waals surface area contributed by atoms with Gasteiger partial charge >= 0.3 is 0 Å². The molecule has 152 valence electrons. The largest absolute Gasteiger partial charge is 0.493 e. The Morgan fingerprint density at radius 1 is 0.833 bits per heavy atom. The molecule has 0 unspecified atom stereocenters. The first-order valence-corrected chi connectivity index (χ1v) is 10.7. The Bertz CT molecular complexity index is 1290. The number of fused-ring (bicyclic) bond motifs is 1. The van der Waals surface area contributed by atoms with Gasteiger partial charge in [-0.05, 0) is 30.3 Å². The van der Waals surface area contributed by atoms with Gasteiger partial charge in [0.2, 0.25) is 9.84 Å². The van der Waals surface area contributed by atoms with Crippen LogP contribution in [0.15, 0.2) is 88.8 Å². The quantitative estimate of drug-likeness (QED) is 0.481. The molecule has 0 aliphatic heterocycles. The van der Waals surface area contributed by atoms with E-state index < -0.39 is 9.84 Å². The standard InChI is InChI=1S/C23H20N2O4S/c1-28-20-13-18-19(14-21(20)29-2)24-15-22(23(18)25-16-9-5-3-6-10-16)30(26,27)17-11-7-4-8-12-17/h3-15H,1-2H3,(H,24,25). The Hall–Kier alpha value is -3.58. The monoisotopic (exact) mass is 420 g/mol. The lowest BCUT2D eigenvalue weighted by atomic mass is 10.1. The highest BCUT2D eigenvalue weighted by atomic mass is 32.2. The van der Waals surface area contributed by atoms with Crippen molar-refractivity contribution < 1.29 is 17.9 Å². The number of ether oxygens (including phenoxy) is 2. The summed E-state index contributed by atoms with van der Waals surface area (Å²) in [4.78, 5) is 4.68. The van der Waals surface area contributed by atoms with Crippen molar-refractivity contribution in [3.05, 3.63) is 79.0 Å². The van der Waals surface area contributed by atoms with Crippen LogP contribution in [0.4, 0.5) is 11.4 Å². The highest BCUT2D eigenvalue weighted by Gasteiger charge is 2.25. The van der Waals surface area contributed by atoms with Gasteiger partial charge < -0.3 is 14.8 Å². The van der Waals surface area contributed by atoms with E-state index in [1.54, 1.807) is 49.6 Å². The van der Waals surface area contributed by atoms with E-state index in [0.717, 1.165) is 5.69 Å². The lowest BCUT2D eigenvalue weighted by Gasteiger charge is -2.17. The molecule has 0 saturated heterocycles. The van der Waals surface area contributed by atoms with Crippen molar-refractivity contribution in [3.8, 4) is 11.5 Å². The molecule has 0 fully saturated rings.